The standard InChI is InChI=1S/C14H15N3S/c1-12-6-2-3-7-13(12)17-10-9-16-14(17)18-11-5-4-8-15/h2-3,6-7,9-10H,4-5,11H2,1H3. The first kappa shape index (κ1) is 12.7. The van der Waals surface area contributed by atoms with Gasteiger partial charge in [-0.2, -0.15) is 5.26 Å². The largest absolute Gasteiger partial charge is 0.295 e. The van der Waals surface area contributed by atoms with Gasteiger partial charge in [-0.3, -0.25) is 4.57 Å². The molecule has 0 atom stereocenters. The molecule has 3 nitrogen and oxygen atoms in total. The van der Waals surface area contributed by atoms with Gasteiger partial charge in [0, 0.05) is 24.6 Å². The first-order valence-electron chi connectivity index (χ1n) is 5.92. The molecule has 0 aliphatic heterocycles. The van der Waals surface area contributed by atoms with E-state index in [2.05, 4.69) is 34.7 Å². The monoisotopic (exact) mass is 257 g/mol. The lowest BCUT2D eigenvalue weighted by molar-refractivity contribution is 0.882. The first-order chi connectivity index (χ1) is 8.83. The van der Waals surface area contributed by atoms with Crippen molar-refractivity contribution in [3.8, 4) is 11.8 Å². The third-order valence-electron chi connectivity index (χ3n) is 2.65. The number of hydrogen-bond donors (Lipinski definition) is 0. The lowest BCUT2D eigenvalue weighted by Crippen LogP contribution is -1.97. The number of benzene rings is 1. The van der Waals surface area contributed by atoms with Gasteiger partial charge in [-0.05, 0) is 25.0 Å². The van der Waals surface area contributed by atoms with E-state index in [1.165, 1.54) is 5.56 Å². The third-order valence-corrected chi connectivity index (χ3v) is 3.70. The van der Waals surface area contributed by atoms with E-state index in [9.17, 15) is 0 Å². The molecule has 1 heterocycles. The molecule has 1 aromatic carbocycles. The smallest absolute Gasteiger partial charge is 0.172 e. The van der Waals surface area contributed by atoms with Crippen LogP contribution in [0.1, 0.15) is 18.4 Å². The Morgan fingerprint density at radius 1 is 1.39 bits per heavy atom. The Bertz CT molecular complexity index is 554. The second-order valence-corrected chi connectivity index (χ2v) is 5.04. The summed E-state index contributed by atoms with van der Waals surface area (Å²) in [6.07, 6.45) is 5.31. The minimum atomic E-state index is 0.609. The van der Waals surface area contributed by atoms with Crippen LogP contribution in [0.25, 0.3) is 5.69 Å². The van der Waals surface area contributed by atoms with E-state index in [1.54, 1.807) is 11.8 Å². The fraction of sp³-hybridized carbons (Fsp3) is 0.286. The number of imidazole rings is 1. The van der Waals surface area contributed by atoms with Gasteiger partial charge in [0.25, 0.3) is 0 Å². The van der Waals surface area contributed by atoms with Gasteiger partial charge in [0.15, 0.2) is 5.16 Å². The molecule has 0 aliphatic rings. The van der Waals surface area contributed by atoms with Gasteiger partial charge in [0.1, 0.15) is 0 Å². The Hall–Kier alpha value is -1.73. The highest BCUT2D eigenvalue weighted by atomic mass is 32.2. The van der Waals surface area contributed by atoms with E-state index in [-0.39, 0.29) is 0 Å². The summed E-state index contributed by atoms with van der Waals surface area (Å²) < 4.78 is 2.10. The van der Waals surface area contributed by atoms with E-state index < -0.39 is 0 Å². The quantitative estimate of drug-likeness (QED) is 0.607. The van der Waals surface area contributed by atoms with Crippen molar-refractivity contribution in [2.24, 2.45) is 0 Å². The number of unbranched alkanes of at least 4 members (excludes halogenated alkanes) is 1. The Morgan fingerprint density at radius 2 is 2.22 bits per heavy atom. The molecule has 0 radical (unpaired) electrons. The number of aryl methyl sites for hydroxylation is 1. The van der Waals surface area contributed by atoms with Gasteiger partial charge in [-0.1, -0.05) is 30.0 Å². The number of aromatic nitrogens is 2. The lowest BCUT2D eigenvalue weighted by Gasteiger charge is -2.09. The molecule has 0 aliphatic carbocycles. The number of nitriles is 1. The number of nitrogens with zero attached hydrogens (tertiary/aromatic N) is 3. The third kappa shape index (κ3) is 2.93. The summed E-state index contributed by atoms with van der Waals surface area (Å²) in [5, 5.41) is 9.50. The molecule has 0 bridgehead atoms. The van der Waals surface area contributed by atoms with Crippen LogP contribution in [0, 0.1) is 18.3 Å². The van der Waals surface area contributed by atoms with Gasteiger partial charge in [-0.15, -0.1) is 0 Å². The van der Waals surface area contributed by atoms with E-state index in [0.717, 1.165) is 23.0 Å². The molecule has 0 amide bonds. The number of para-hydroxylation sites is 1. The molecule has 2 aromatic rings. The van der Waals surface area contributed by atoms with Gasteiger partial charge in [0.05, 0.1) is 11.8 Å². The van der Waals surface area contributed by atoms with Crippen LogP contribution in [0.5, 0.6) is 0 Å². The first-order valence-corrected chi connectivity index (χ1v) is 6.90. The average Bonchev–Trinajstić information content (AvgIpc) is 2.83. The van der Waals surface area contributed by atoms with Crippen molar-refractivity contribution < 1.29 is 0 Å². The van der Waals surface area contributed by atoms with E-state index in [0.29, 0.717) is 6.42 Å². The Balaban J connectivity index is 2.13. The summed E-state index contributed by atoms with van der Waals surface area (Å²) in [4.78, 5) is 4.37. The van der Waals surface area contributed by atoms with Gasteiger partial charge >= 0.3 is 0 Å². The van der Waals surface area contributed by atoms with Crippen molar-refractivity contribution in [2.45, 2.75) is 24.9 Å². The highest BCUT2D eigenvalue weighted by Gasteiger charge is 2.06. The SMILES string of the molecule is Cc1ccccc1-n1ccnc1SCCCC#N. The highest BCUT2D eigenvalue weighted by molar-refractivity contribution is 7.99. The molecule has 18 heavy (non-hydrogen) atoms. The van der Waals surface area contributed by atoms with Crippen LogP contribution in [-0.4, -0.2) is 15.3 Å². The van der Waals surface area contributed by atoms with Crippen LogP contribution < -0.4 is 0 Å². The fourth-order valence-corrected chi connectivity index (χ4v) is 2.63. The van der Waals surface area contributed by atoms with Crippen LogP contribution in [-0.2, 0) is 0 Å². The minimum Gasteiger partial charge on any atom is -0.295 e. The zero-order valence-electron chi connectivity index (χ0n) is 10.3. The summed E-state index contributed by atoms with van der Waals surface area (Å²) in [5.74, 6) is 0.927. The van der Waals surface area contributed by atoms with E-state index in [1.807, 2.05) is 24.5 Å². The van der Waals surface area contributed by atoms with Crippen molar-refractivity contribution in [3.05, 3.63) is 42.2 Å². The predicted octanol–water partition coefficient (Wildman–Crippen LogP) is 3.58. The second kappa shape index (κ2) is 6.27. The zero-order valence-corrected chi connectivity index (χ0v) is 11.2. The van der Waals surface area contributed by atoms with Crippen molar-refractivity contribution in [1.29, 1.82) is 5.26 Å². The minimum absolute atomic E-state index is 0.609. The van der Waals surface area contributed by atoms with Crippen molar-refractivity contribution in [2.75, 3.05) is 5.75 Å². The maximum Gasteiger partial charge on any atom is 0.172 e. The number of thioether (sulfide) groups is 1. The van der Waals surface area contributed by atoms with Crippen LogP contribution in [0.4, 0.5) is 0 Å². The lowest BCUT2D eigenvalue weighted by atomic mass is 10.2. The topological polar surface area (TPSA) is 41.6 Å². The second-order valence-electron chi connectivity index (χ2n) is 3.98. The fourth-order valence-electron chi connectivity index (χ4n) is 1.73. The summed E-state index contributed by atoms with van der Waals surface area (Å²) in [5.41, 5.74) is 2.40. The Morgan fingerprint density at radius 3 is 3.00 bits per heavy atom. The molecule has 0 saturated carbocycles. The van der Waals surface area contributed by atoms with E-state index >= 15 is 0 Å². The number of hydrogen-bond acceptors (Lipinski definition) is 3. The maximum atomic E-state index is 8.51. The van der Waals surface area contributed by atoms with Gasteiger partial charge in [-0.25, -0.2) is 4.98 Å². The Labute approximate surface area is 111 Å². The number of rotatable bonds is 5. The summed E-state index contributed by atoms with van der Waals surface area (Å²) >= 11 is 1.70. The molecular weight excluding hydrogens is 242 g/mol. The molecule has 0 fully saturated rings. The molecule has 0 unspecified atom stereocenters. The predicted molar refractivity (Wildman–Crippen MR) is 73.9 cm³/mol. The summed E-state index contributed by atoms with van der Waals surface area (Å²) in [6.45, 7) is 2.10. The molecule has 0 spiro atoms. The van der Waals surface area contributed by atoms with Gasteiger partial charge in [0.2, 0.25) is 0 Å². The summed E-state index contributed by atoms with van der Waals surface area (Å²) in [6, 6.07) is 10.4. The molecule has 4 heteroatoms. The summed E-state index contributed by atoms with van der Waals surface area (Å²) in [7, 11) is 0. The van der Waals surface area contributed by atoms with Crippen LogP contribution in [0.2, 0.25) is 0 Å². The molecule has 1 aromatic heterocycles. The molecule has 2 rings (SSSR count). The van der Waals surface area contributed by atoms with Gasteiger partial charge < -0.3 is 0 Å². The van der Waals surface area contributed by atoms with Crippen molar-refractivity contribution in [1.82, 2.24) is 9.55 Å². The average molecular weight is 257 g/mol. The highest BCUT2D eigenvalue weighted by Crippen LogP contribution is 2.23. The normalized spacial score (nSPS) is 10.2. The maximum absolute atomic E-state index is 8.51. The van der Waals surface area contributed by atoms with Crippen molar-refractivity contribution >= 4 is 11.8 Å². The Kier molecular flexibility index (Phi) is 4.43. The van der Waals surface area contributed by atoms with Crippen LogP contribution >= 0.6 is 11.8 Å². The van der Waals surface area contributed by atoms with E-state index in [4.69, 9.17) is 5.26 Å². The molecule has 92 valence electrons. The molecule has 0 saturated heterocycles. The molecule has 0 N–H and O–H groups in total. The molecular formula is C14H15N3S. The zero-order chi connectivity index (χ0) is 12.8. The van der Waals surface area contributed by atoms with Crippen LogP contribution in [0.3, 0.4) is 0 Å². The van der Waals surface area contributed by atoms with Crippen LogP contribution in [0.15, 0.2) is 41.8 Å². The van der Waals surface area contributed by atoms with Crippen molar-refractivity contribution in [3.63, 3.8) is 0 Å².